The second-order valence-corrected chi connectivity index (χ2v) is 5.05. The van der Waals surface area contributed by atoms with Crippen molar-refractivity contribution < 1.29 is 14.3 Å². The first-order valence-corrected chi connectivity index (χ1v) is 7.04. The molecule has 1 aromatic carbocycles. The van der Waals surface area contributed by atoms with Crippen LogP contribution in [0.3, 0.4) is 0 Å². The summed E-state index contributed by atoms with van der Waals surface area (Å²) < 4.78 is 5.04. The third kappa shape index (κ3) is 3.95. The van der Waals surface area contributed by atoms with Crippen LogP contribution in [-0.2, 0) is 4.79 Å². The van der Waals surface area contributed by atoms with Gasteiger partial charge in [-0.2, -0.15) is 0 Å². The number of benzene rings is 1. The minimum Gasteiger partial charge on any atom is -0.497 e. The molecule has 2 N–H and O–H groups in total. The van der Waals surface area contributed by atoms with Crippen molar-refractivity contribution in [3.8, 4) is 5.75 Å². The molecule has 0 bridgehead atoms. The molecule has 0 spiro atoms. The summed E-state index contributed by atoms with van der Waals surface area (Å²) in [5, 5.41) is 5.89. The molecule has 0 aliphatic carbocycles. The highest BCUT2D eigenvalue weighted by atomic mass is 16.5. The fourth-order valence-electron chi connectivity index (χ4n) is 2.31. The van der Waals surface area contributed by atoms with Crippen molar-refractivity contribution in [3.05, 3.63) is 29.8 Å². The van der Waals surface area contributed by atoms with E-state index in [0.29, 0.717) is 17.9 Å². The van der Waals surface area contributed by atoms with Crippen LogP contribution in [0.15, 0.2) is 24.3 Å². The van der Waals surface area contributed by atoms with Crippen LogP contribution in [0.4, 0.5) is 0 Å². The molecule has 1 atom stereocenters. The van der Waals surface area contributed by atoms with E-state index in [4.69, 9.17) is 4.74 Å². The Bertz CT molecular complexity index is 501. The van der Waals surface area contributed by atoms with Crippen LogP contribution >= 0.6 is 0 Å². The first-order chi connectivity index (χ1) is 10.1. The number of nitrogens with one attached hydrogen (secondary N) is 2. The minimum absolute atomic E-state index is 0.0230. The van der Waals surface area contributed by atoms with Gasteiger partial charge >= 0.3 is 0 Å². The van der Waals surface area contributed by atoms with E-state index in [1.165, 1.54) is 0 Å². The number of hydrogen-bond donors (Lipinski definition) is 2. The maximum absolute atomic E-state index is 12.1. The second-order valence-electron chi connectivity index (χ2n) is 5.05. The van der Waals surface area contributed by atoms with Crippen LogP contribution in [0, 0.1) is 0 Å². The number of amides is 2. The van der Waals surface area contributed by atoms with Gasteiger partial charge in [-0.05, 0) is 31.2 Å². The fourth-order valence-corrected chi connectivity index (χ4v) is 2.31. The van der Waals surface area contributed by atoms with E-state index in [2.05, 4.69) is 10.6 Å². The van der Waals surface area contributed by atoms with E-state index in [9.17, 15) is 9.59 Å². The van der Waals surface area contributed by atoms with Gasteiger partial charge in [0, 0.05) is 31.2 Å². The molecule has 21 heavy (non-hydrogen) atoms. The van der Waals surface area contributed by atoms with Crippen LogP contribution < -0.4 is 15.4 Å². The molecule has 0 radical (unpaired) electrons. The van der Waals surface area contributed by atoms with Crippen LogP contribution in [-0.4, -0.2) is 56.0 Å². The first kappa shape index (κ1) is 15.3. The molecule has 1 saturated heterocycles. The monoisotopic (exact) mass is 291 g/mol. The molecule has 1 aliphatic rings. The third-order valence-electron chi connectivity index (χ3n) is 3.57. The van der Waals surface area contributed by atoms with E-state index in [-0.39, 0.29) is 24.4 Å². The molecule has 6 heteroatoms. The molecule has 1 aromatic rings. The van der Waals surface area contributed by atoms with Gasteiger partial charge in [0.15, 0.2) is 0 Å². The van der Waals surface area contributed by atoms with E-state index in [0.717, 1.165) is 13.1 Å². The Morgan fingerprint density at radius 1 is 1.38 bits per heavy atom. The molecule has 1 fully saturated rings. The number of ether oxygens (including phenoxy) is 1. The van der Waals surface area contributed by atoms with Gasteiger partial charge in [0.1, 0.15) is 5.75 Å². The summed E-state index contributed by atoms with van der Waals surface area (Å²) in [5.74, 6) is 0.386. The van der Waals surface area contributed by atoms with Gasteiger partial charge in [-0.25, -0.2) is 0 Å². The summed E-state index contributed by atoms with van der Waals surface area (Å²) in [4.78, 5) is 25.9. The highest BCUT2D eigenvalue weighted by Crippen LogP contribution is 2.11. The topological polar surface area (TPSA) is 70.7 Å². The molecule has 6 nitrogen and oxygen atoms in total. The highest BCUT2D eigenvalue weighted by molar-refractivity contribution is 5.96. The lowest BCUT2D eigenvalue weighted by molar-refractivity contribution is -0.132. The Balaban J connectivity index is 1.86. The summed E-state index contributed by atoms with van der Waals surface area (Å²) in [5.41, 5.74) is 0.511. The molecular formula is C15H21N3O3. The van der Waals surface area contributed by atoms with Gasteiger partial charge in [-0.15, -0.1) is 0 Å². The Kier molecular flexibility index (Phi) is 5.16. The number of methoxy groups -OCH3 is 1. The van der Waals surface area contributed by atoms with Gasteiger partial charge < -0.3 is 20.3 Å². The van der Waals surface area contributed by atoms with Crippen molar-refractivity contribution in [2.45, 2.75) is 13.0 Å². The molecule has 2 amide bonds. The summed E-state index contributed by atoms with van der Waals surface area (Å²) >= 11 is 0. The van der Waals surface area contributed by atoms with Crippen LogP contribution in [0.5, 0.6) is 5.75 Å². The SMILES string of the molecule is COc1ccc(C(=O)NCC(=O)N2CCNC[C@H]2C)cc1. The third-order valence-corrected chi connectivity index (χ3v) is 3.57. The first-order valence-electron chi connectivity index (χ1n) is 7.04. The maximum atomic E-state index is 12.1. The number of hydrogen-bond acceptors (Lipinski definition) is 4. The maximum Gasteiger partial charge on any atom is 0.251 e. The van der Waals surface area contributed by atoms with Gasteiger partial charge in [0.05, 0.1) is 13.7 Å². The van der Waals surface area contributed by atoms with Gasteiger partial charge in [-0.1, -0.05) is 0 Å². The zero-order valence-electron chi connectivity index (χ0n) is 12.4. The fraction of sp³-hybridized carbons (Fsp3) is 0.467. The lowest BCUT2D eigenvalue weighted by atomic mass is 10.2. The Labute approximate surface area is 124 Å². The number of carbonyl (C=O) groups is 2. The van der Waals surface area contributed by atoms with Crippen LogP contribution in [0.1, 0.15) is 17.3 Å². The zero-order valence-corrected chi connectivity index (χ0v) is 12.4. The summed E-state index contributed by atoms with van der Waals surface area (Å²) in [6.07, 6.45) is 0. The standard InChI is InChI=1S/C15H21N3O3/c1-11-9-16-7-8-18(11)14(19)10-17-15(20)12-3-5-13(21-2)6-4-12/h3-6,11,16H,7-10H2,1-2H3,(H,17,20)/t11-/m1/s1. The Morgan fingerprint density at radius 3 is 2.71 bits per heavy atom. The largest absolute Gasteiger partial charge is 0.497 e. The normalized spacial score (nSPS) is 18.2. The molecule has 0 saturated carbocycles. The van der Waals surface area contributed by atoms with Crippen molar-refractivity contribution in [2.24, 2.45) is 0 Å². The smallest absolute Gasteiger partial charge is 0.251 e. The number of rotatable bonds is 4. The predicted molar refractivity (Wildman–Crippen MR) is 79.4 cm³/mol. The van der Waals surface area contributed by atoms with Crippen molar-refractivity contribution >= 4 is 11.8 Å². The van der Waals surface area contributed by atoms with E-state index < -0.39 is 0 Å². The van der Waals surface area contributed by atoms with E-state index in [1.54, 1.807) is 36.3 Å². The van der Waals surface area contributed by atoms with Crippen molar-refractivity contribution in [2.75, 3.05) is 33.3 Å². The zero-order chi connectivity index (χ0) is 15.2. The average Bonchev–Trinajstić information content (AvgIpc) is 2.52. The molecule has 0 aromatic heterocycles. The van der Waals surface area contributed by atoms with Crippen LogP contribution in [0.2, 0.25) is 0 Å². The van der Waals surface area contributed by atoms with Gasteiger partial charge in [0.25, 0.3) is 5.91 Å². The minimum atomic E-state index is -0.256. The number of piperazine rings is 1. The summed E-state index contributed by atoms with van der Waals surface area (Å²) in [6, 6.07) is 6.94. The molecule has 114 valence electrons. The lowest BCUT2D eigenvalue weighted by Gasteiger charge is -2.34. The Hall–Kier alpha value is -2.08. The predicted octanol–water partition coefficient (Wildman–Crippen LogP) is 0.245. The molecule has 1 aliphatic heterocycles. The van der Waals surface area contributed by atoms with Crippen molar-refractivity contribution in [3.63, 3.8) is 0 Å². The summed E-state index contributed by atoms with van der Waals surface area (Å²) in [6.45, 7) is 4.28. The average molecular weight is 291 g/mol. The highest BCUT2D eigenvalue weighted by Gasteiger charge is 2.23. The van der Waals surface area contributed by atoms with Crippen molar-refractivity contribution in [1.82, 2.24) is 15.5 Å². The van der Waals surface area contributed by atoms with Gasteiger partial charge in [0.2, 0.25) is 5.91 Å². The Morgan fingerprint density at radius 2 is 2.10 bits per heavy atom. The van der Waals surface area contributed by atoms with Crippen LogP contribution in [0.25, 0.3) is 0 Å². The number of nitrogens with zero attached hydrogens (tertiary/aromatic N) is 1. The molecular weight excluding hydrogens is 270 g/mol. The molecule has 1 heterocycles. The van der Waals surface area contributed by atoms with E-state index >= 15 is 0 Å². The van der Waals surface area contributed by atoms with E-state index in [1.807, 2.05) is 6.92 Å². The lowest BCUT2D eigenvalue weighted by Crippen LogP contribution is -2.54. The quantitative estimate of drug-likeness (QED) is 0.834. The summed E-state index contributed by atoms with van der Waals surface area (Å²) in [7, 11) is 1.57. The second kappa shape index (κ2) is 7.08. The van der Waals surface area contributed by atoms with Crippen molar-refractivity contribution in [1.29, 1.82) is 0 Å². The molecule has 0 unspecified atom stereocenters. The van der Waals surface area contributed by atoms with Gasteiger partial charge in [-0.3, -0.25) is 9.59 Å². The number of carbonyl (C=O) groups excluding carboxylic acids is 2. The molecule has 2 rings (SSSR count).